The summed E-state index contributed by atoms with van der Waals surface area (Å²) in [5.41, 5.74) is 6.09. The molecule has 2 amide bonds. The molecule has 0 saturated carbocycles. The molecule has 0 aliphatic rings. The summed E-state index contributed by atoms with van der Waals surface area (Å²) < 4.78 is 0. The van der Waals surface area contributed by atoms with Gasteiger partial charge in [-0.25, -0.2) is 5.43 Å². The van der Waals surface area contributed by atoms with Crippen LogP contribution in [0, 0.1) is 13.8 Å². The number of nitrogens with zero attached hydrogens (tertiary/aromatic N) is 2. The summed E-state index contributed by atoms with van der Waals surface area (Å²) in [4.78, 5) is 27.8. The molecule has 6 heteroatoms. The average Bonchev–Trinajstić information content (AvgIpc) is 2.57. The van der Waals surface area contributed by atoms with E-state index in [1.54, 1.807) is 25.1 Å². The van der Waals surface area contributed by atoms with E-state index in [0.29, 0.717) is 5.71 Å². The van der Waals surface area contributed by atoms with Gasteiger partial charge in [0, 0.05) is 17.6 Å². The lowest BCUT2D eigenvalue weighted by Crippen LogP contribution is -2.22. The minimum absolute atomic E-state index is 0.0931. The van der Waals surface area contributed by atoms with E-state index < -0.39 is 5.91 Å². The summed E-state index contributed by atoms with van der Waals surface area (Å²) in [6, 6.07) is 10.8. The molecular formula is C18H20N4O2. The fraction of sp³-hybridized carbons (Fsp3) is 0.222. The molecule has 1 aromatic heterocycles. The molecule has 6 nitrogen and oxygen atoms in total. The number of hydrogen-bond acceptors (Lipinski definition) is 4. The van der Waals surface area contributed by atoms with Crippen LogP contribution in [-0.2, 0) is 4.79 Å². The highest BCUT2D eigenvalue weighted by molar-refractivity contribution is 6.06. The molecule has 24 heavy (non-hydrogen) atoms. The Balaban J connectivity index is 1.91. The van der Waals surface area contributed by atoms with Crippen LogP contribution in [0.15, 0.2) is 47.7 Å². The predicted molar refractivity (Wildman–Crippen MR) is 94.0 cm³/mol. The highest BCUT2D eigenvalue weighted by atomic mass is 16.2. The van der Waals surface area contributed by atoms with Crippen molar-refractivity contribution in [1.82, 2.24) is 10.4 Å². The number of amides is 2. The van der Waals surface area contributed by atoms with E-state index in [1.165, 1.54) is 6.20 Å². The van der Waals surface area contributed by atoms with Gasteiger partial charge in [-0.2, -0.15) is 5.10 Å². The Morgan fingerprint density at radius 1 is 1.12 bits per heavy atom. The van der Waals surface area contributed by atoms with Gasteiger partial charge in [0.1, 0.15) is 5.69 Å². The molecule has 124 valence electrons. The second-order valence-electron chi connectivity index (χ2n) is 5.48. The van der Waals surface area contributed by atoms with Crippen molar-refractivity contribution in [3.05, 3.63) is 59.4 Å². The topological polar surface area (TPSA) is 83.5 Å². The molecule has 0 unspecified atom stereocenters. The maximum Gasteiger partial charge on any atom is 0.289 e. The highest BCUT2D eigenvalue weighted by Crippen LogP contribution is 2.18. The van der Waals surface area contributed by atoms with Crippen molar-refractivity contribution in [2.75, 3.05) is 5.32 Å². The first-order valence-corrected chi connectivity index (χ1v) is 7.58. The molecular weight excluding hydrogens is 304 g/mol. The van der Waals surface area contributed by atoms with E-state index in [9.17, 15) is 9.59 Å². The van der Waals surface area contributed by atoms with Crippen LogP contribution in [0.2, 0.25) is 0 Å². The minimum atomic E-state index is -0.412. The Morgan fingerprint density at radius 2 is 1.92 bits per heavy atom. The first-order valence-electron chi connectivity index (χ1n) is 7.58. The monoisotopic (exact) mass is 324 g/mol. The van der Waals surface area contributed by atoms with Gasteiger partial charge >= 0.3 is 0 Å². The van der Waals surface area contributed by atoms with Crippen LogP contribution in [0.25, 0.3) is 0 Å². The average molecular weight is 324 g/mol. The third-order valence-corrected chi connectivity index (χ3v) is 3.54. The van der Waals surface area contributed by atoms with Crippen molar-refractivity contribution >= 4 is 23.2 Å². The van der Waals surface area contributed by atoms with Crippen molar-refractivity contribution < 1.29 is 9.59 Å². The van der Waals surface area contributed by atoms with Crippen molar-refractivity contribution in [3.8, 4) is 0 Å². The molecule has 0 radical (unpaired) electrons. The maximum atomic E-state index is 12.1. The van der Waals surface area contributed by atoms with Gasteiger partial charge < -0.3 is 5.32 Å². The van der Waals surface area contributed by atoms with Crippen LogP contribution in [-0.4, -0.2) is 22.5 Å². The minimum Gasteiger partial charge on any atom is -0.326 e. The number of aryl methyl sites for hydroxylation is 1. The number of carbonyl (C=O) groups excluding carboxylic acids is 2. The Bertz CT molecular complexity index is 770. The van der Waals surface area contributed by atoms with Gasteiger partial charge in [0.2, 0.25) is 5.91 Å². The Hall–Kier alpha value is -3.02. The van der Waals surface area contributed by atoms with Gasteiger partial charge in [0.15, 0.2) is 0 Å². The second kappa shape index (κ2) is 8.01. The lowest BCUT2D eigenvalue weighted by Gasteiger charge is -2.10. The van der Waals surface area contributed by atoms with Crippen LogP contribution in [0.5, 0.6) is 0 Å². The van der Waals surface area contributed by atoms with Crippen LogP contribution in [0.1, 0.15) is 35.0 Å². The molecule has 0 saturated heterocycles. The van der Waals surface area contributed by atoms with Crippen molar-refractivity contribution in [2.24, 2.45) is 5.10 Å². The van der Waals surface area contributed by atoms with Crippen LogP contribution in [0.3, 0.4) is 0 Å². The molecule has 0 aliphatic heterocycles. The van der Waals surface area contributed by atoms with Crippen molar-refractivity contribution in [3.63, 3.8) is 0 Å². The SMILES string of the molecule is CC(CC(=O)Nc1cccc(C)c1C)=NNC(=O)c1ccccn1. The number of carbonyl (C=O) groups is 2. The third kappa shape index (κ3) is 4.74. The molecule has 0 bridgehead atoms. The summed E-state index contributed by atoms with van der Waals surface area (Å²) in [6.07, 6.45) is 1.62. The highest BCUT2D eigenvalue weighted by Gasteiger charge is 2.09. The molecule has 0 aliphatic carbocycles. The lowest BCUT2D eigenvalue weighted by molar-refractivity contribution is -0.115. The van der Waals surface area contributed by atoms with E-state index >= 15 is 0 Å². The van der Waals surface area contributed by atoms with Crippen LogP contribution < -0.4 is 10.7 Å². The second-order valence-corrected chi connectivity index (χ2v) is 5.48. The number of anilines is 1. The number of nitrogens with one attached hydrogen (secondary N) is 2. The van der Waals surface area contributed by atoms with E-state index in [1.807, 2.05) is 32.0 Å². The summed E-state index contributed by atoms with van der Waals surface area (Å²) in [5.74, 6) is -0.595. The smallest absolute Gasteiger partial charge is 0.289 e. The molecule has 0 atom stereocenters. The van der Waals surface area contributed by atoms with Gasteiger partial charge in [-0.3, -0.25) is 14.6 Å². The fourth-order valence-corrected chi connectivity index (χ4v) is 2.05. The summed E-state index contributed by atoms with van der Waals surface area (Å²) in [6.45, 7) is 5.63. The molecule has 0 spiro atoms. The van der Waals surface area contributed by atoms with E-state index in [-0.39, 0.29) is 18.0 Å². The van der Waals surface area contributed by atoms with Crippen LogP contribution >= 0.6 is 0 Å². The third-order valence-electron chi connectivity index (χ3n) is 3.54. The van der Waals surface area contributed by atoms with E-state index in [2.05, 4.69) is 20.8 Å². The molecule has 0 fully saturated rings. The summed E-state index contributed by atoms with van der Waals surface area (Å²) in [5, 5.41) is 6.79. The first kappa shape index (κ1) is 17.3. The first-order chi connectivity index (χ1) is 11.5. The summed E-state index contributed by atoms with van der Waals surface area (Å²) in [7, 11) is 0. The number of pyridine rings is 1. The van der Waals surface area contributed by atoms with Crippen molar-refractivity contribution in [2.45, 2.75) is 27.2 Å². The quantitative estimate of drug-likeness (QED) is 0.655. The number of hydrazone groups is 1. The number of hydrogen-bond donors (Lipinski definition) is 2. The molecule has 2 aromatic rings. The number of aromatic nitrogens is 1. The Morgan fingerprint density at radius 3 is 2.62 bits per heavy atom. The van der Waals surface area contributed by atoms with E-state index in [4.69, 9.17) is 0 Å². The molecule has 2 rings (SSSR count). The van der Waals surface area contributed by atoms with Gasteiger partial charge in [-0.1, -0.05) is 18.2 Å². The van der Waals surface area contributed by atoms with Gasteiger partial charge in [-0.05, 0) is 50.1 Å². The van der Waals surface area contributed by atoms with Crippen molar-refractivity contribution in [1.29, 1.82) is 0 Å². The predicted octanol–water partition coefficient (Wildman–Crippen LogP) is 2.83. The molecule has 1 heterocycles. The largest absolute Gasteiger partial charge is 0.326 e. The van der Waals surface area contributed by atoms with Gasteiger partial charge in [-0.15, -0.1) is 0 Å². The Kier molecular flexibility index (Phi) is 5.78. The molecule has 1 aromatic carbocycles. The zero-order valence-electron chi connectivity index (χ0n) is 14.0. The standard InChI is InChI=1S/C18H20N4O2/c1-12-7-6-9-15(14(12)3)20-17(23)11-13(2)21-22-18(24)16-8-4-5-10-19-16/h4-10H,11H2,1-3H3,(H,20,23)(H,22,24). The zero-order chi connectivity index (χ0) is 17.5. The normalized spacial score (nSPS) is 11.0. The van der Waals surface area contributed by atoms with Crippen LogP contribution in [0.4, 0.5) is 5.69 Å². The summed E-state index contributed by atoms with van der Waals surface area (Å²) >= 11 is 0. The van der Waals surface area contributed by atoms with Gasteiger partial charge in [0.05, 0.1) is 6.42 Å². The maximum absolute atomic E-state index is 12.1. The lowest BCUT2D eigenvalue weighted by atomic mass is 10.1. The Labute approximate surface area is 141 Å². The number of benzene rings is 1. The zero-order valence-corrected chi connectivity index (χ0v) is 14.0. The van der Waals surface area contributed by atoms with Gasteiger partial charge in [0.25, 0.3) is 5.91 Å². The van der Waals surface area contributed by atoms with E-state index in [0.717, 1.165) is 16.8 Å². The fourth-order valence-electron chi connectivity index (χ4n) is 2.05. The number of rotatable bonds is 5. The molecule has 2 N–H and O–H groups in total.